The molecule has 1 aromatic heterocycles. The molecule has 0 atom stereocenters. The van der Waals surface area contributed by atoms with Crippen molar-refractivity contribution in [1.82, 2.24) is 15.2 Å². The lowest BCUT2D eigenvalue weighted by molar-refractivity contribution is 0.0735. The van der Waals surface area contributed by atoms with E-state index in [9.17, 15) is 4.79 Å². The summed E-state index contributed by atoms with van der Waals surface area (Å²) in [4.78, 5) is 18.6. The molecule has 0 bridgehead atoms. The number of nitrogens with one attached hydrogen (secondary N) is 1. The van der Waals surface area contributed by atoms with Crippen molar-refractivity contribution in [3.8, 4) is 16.9 Å². The van der Waals surface area contributed by atoms with Crippen molar-refractivity contribution in [2.75, 3.05) is 33.3 Å². The molecule has 0 aliphatic carbocycles. The predicted octanol–water partition coefficient (Wildman–Crippen LogP) is 1.80. The number of methoxy groups -OCH3 is 1. The van der Waals surface area contributed by atoms with Crippen LogP contribution in [-0.4, -0.2) is 49.1 Å². The van der Waals surface area contributed by atoms with E-state index in [4.69, 9.17) is 4.74 Å². The first-order valence-electron chi connectivity index (χ1n) is 7.37. The molecule has 22 heavy (non-hydrogen) atoms. The fourth-order valence-corrected chi connectivity index (χ4v) is 2.55. The van der Waals surface area contributed by atoms with Gasteiger partial charge in [0.1, 0.15) is 5.75 Å². The summed E-state index contributed by atoms with van der Waals surface area (Å²) in [5.41, 5.74) is 2.59. The molecular weight excluding hydrogens is 278 g/mol. The van der Waals surface area contributed by atoms with Crippen molar-refractivity contribution in [3.63, 3.8) is 0 Å². The molecule has 1 saturated heterocycles. The number of ether oxygens (including phenoxy) is 1. The zero-order valence-corrected chi connectivity index (χ0v) is 12.6. The summed E-state index contributed by atoms with van der Waals surface area (Å²) in [7, 11) is 1.64. The lowest BCUT2D eigenvalue weighted by Crippen LogP contribution is -2.46. The van der Waals surface area contributed by atoms with Crippen molar-refractivity contribution >= 4 is 5.91 Å². The first kappa shape index (κ1) is 14.5. The molecule has 0 radical (unpaired) electrons. The highest BCUT2D eigenvalue weighted by Crippen LogP contribution is 2.22. The second kappa shape index (κ2) is 6.58. The van der Waals surface area contributed by atoms with E-state index >= 15 is 0 Å². The van der Waals surface area contributed by atoms with Gasteiger partial charge in [-0.25, -0.2) is 0 Å². The van der Waals surface area contributed by atoms with Gasteiger partial charge in [0.2, 0.25) is 0 Å². The highest BCUT2D eigenvalue weighted by atomic mass is 16.5. The molecule has 2 aromatic rings. The molecule has 3 rings (SSSR count). The van der Waals surface area contributed by atoms with Gasteiger partial charge in [-0.2, -0.15) is 0 Å². The second-order valence-electron chi connectivity index (χ2n) is 5.23. The van der Waals surface area contributed by atoms with Crippen LogP contribution in [0.4, 0.5) is 0 Å². The van der Waals surface area contributed by atoms with Crippen LogP contribution in [0.15, 0.2) is 42.7 Å². The number of nitrogens with zero attached hydrogens (tertiary/aromatic N) is 2. The van der Waals surface area contributed by atoms with Gasteiger partial charge in [-0.1, -0.05) is 12.1 Å². The van der Waals surface area contributed by atoms with Gasteiger partial charge in [0.15, 0.2) is 0 Å². The lowest BCUT2D eigenvalue weighted by atomic mass is 10.1. The molecule has 1 aliphatic rings. The average molecular weight is 297 g/mol. The number of rotatable bonds is 3. The van der Waals surface area contributed by atoms with E-state index in [1.807, 2.05) is 35.2 Å². The fourth-order valence-electron chi connectivity index (χ4n) is 2.55. The van der Waals surface area contributed by atoms with E-state index in [1.165, 1.54) is 0 Å². The fraction of sp³-hybridized carbons (Fsp3) is 0.294. The molecule has 1 amide bonds. The van der Waals surface area contributed by atoms with Gasteiger partial charge in [0.25, 0.3) is 5.91 Å². The van der Waals surface area contributed by atoms with Crippen LogP contribution in [0.3, 0.4) is 0 Å². The van der Waals surface area contributed by atoms with Gasteiger partial charge in [0, 0.05) is 44.1 Å². The SMILES string of the molecule is COc1ccc(-c2cncc(C(=O)N3CCNCC3)c2)cc1. The number of carbonyl (C=O) groups excluding carboxylic acids is 1. The summed E-state index contributed by atoms with van der Waals surface area (Å²) < 4.78 is 5.16. The average Bonchev–Trinajstić information content (AvgIpc) is 2.62. The Morgan fingerprint density at radius 3 is 2.55 bits per heavy atom. The van der Waals surface area contributed by atoms with Gasteiger partial charge in [-0.05, 0) is 23.8 Å². The minimum Gasteiger partial charge on any atom is -0.497 e. The summed E-state index contributed by atoms with van der Waals surface area (Å²) in [6.07, 6.45) is 3.41. The maximum atomic E-state index is 12.5. The van der Waals surface area contributed by atoms with E-state index in [1.54, 1.807) is 19.5 Å². The van der Waals surface area contributed by atoms with E-state index in [0.29, 0.717) is 5.56 Å². The molecule has 0 spiro atoms. The summed E-state index contributed by atoms with van der Waals surface area (Å²) in [6.45, 7) is 3.17. The Balaban J connectivity index is 1.83. The normalized spacial score (nSPS) is 14.7. The Hall–Kier alpha value is -2.40. The monoisotopic (exact) mass is 297 g/mol. The van der Waals surface area contributed by atoms with Crippen molar-refractivity contribution in [2.45, 2.75) is 0 Å². The number of hydrogen-bond acceptors (Lipinski definition) is 4. The standard InChI is InChI=1S/C17H19N3O2/c1-22-16-4-2-13(3-5-16)14-10-15(12-19-11-14)17(21)20-8-6-18-7-9-20/h2-5,10-12,18H,6-9H2,1H3. The summed E-state index contributed by atoms with van der Waals surface area (Å²) in [5.74, 6) is 0.856. The Kier molecular flexibility index (Phi) is 4.34. The summed E-state index contributed by atoms with van der Waals surface area (Å²) in [5, 5.41) is 3.25. The van der Waals surface area contributed by atoms with E-state index in [0.717, 1.165) is 43.1 Å². The Bertz CT molecular complexity index is 649. The van der Waals surface area contributed by atoms with E-state index in [-0.39, 0.29) is 5.91 Å². The van der Waals surface area contributed by atoms with Gasteiger partial charge in [0.05, 0.1) is 12.7 Å². The highest BCUT2D eigenvalue weighted by molar-refractivity contribution is 5.95. The predicted molar refractivity (Wildman–Crippen MR) is 85.0 cm³/mol. The maximum Gasteiger partial charge on any atom is 0.255 e. The van der Waals surface area contributed by atoms with Crippen molar-refractivity contribution < 1.29 is 9.53 Å². The number of carbonyl (C=O) groups is 1. The molecule has 5 nitrogen and oxygen atoms in total. The van der Waals surface area contributed by atoms with Crippen molar-refractivity contribution in [2.24, 2.45) is 0 Å². The molecule has 1 N–H and O–H groups in total. The van der Waals surface area contributed by atoms with Gasteiger partial charge < -0.3 is 15.0 Å². The first-order valence-corrected chi connectivity index (χ1v) is 7.37. The number of benzene rings is 1. The third-order valence-corrected chi connectivity index (χ3v) is 3.81. The van der Waals surface area contributed by atoms with Crippen LogP contribution in [0.2, 0.25) is 0 Å². The number of piperazine rings is 1. The zero-order chi connectivity index (χ0) is 15.4. The van der Waals surface area contributed by atoms with Crippen LogP contribution < -0.4 is 10.1 Å². The van der Waals surface area contributed by atoms with Gasteiger partial charge >= 0.3 is 0 Å². The van der Waals surface area contributed by atoms with Crippen LogP contribution in [0.1, 0.15) is 10.4 Å². The molecule has 1 aliphatic heterocycles. The van der Waals surface area contributed by atoms with Gasteiger partial charge in [-0.15, -0.1) is 0 Å². The van der Waals surface area contributed by atoms with Crippen LogP contribution >= 0.6 is 0 Å². The smallest absolute Gasteiger partial charge is 0.255 e. The van der Waals surface area contributed by atoms with Crippen molar-refractivity contribution in [1.29, 1.82) is 0 Å². The van der Waals surface area contributed by atoms with Crippen molar-refractivity contribution in [3.05, 3.63) is 48.3 Å². The molecule has 114 valence electrons. The Morgan fingerprint density at radius 2 is 1.86 bits per heavy atom. The molecule has 1 fully saturated rings. The van der Waals surface area contributed by atoms with Gasteiger partial charge in [-0.3, -0.25) is 9.78 Å². The minimum atomic E-state index is 0.0457. The second-order valence-corrected chi connectivity index (χ2v) is 5.23. The molecule has 1 aromatic carbocycles. The van der Waals surface area contributed by atoms with Crippen LogP contribution in [-0.2, 0) is 0 Å². The van der Waals surface area contributed by atoms with Crippen LogP contribution in [0.25, 0.3) is 11.1 Å². The number of pyridine rings is 1. The van der Waals surface area contributed by atoms with Crippen LogP contribution in [0.5, 0.6) is 5.75 Å². The molecule has 0 saturated carbocycles. The first-order chi connectivity index (χ1) is 10.8. The van der Waals surface area contributed by atoms with E-state index in [2.05, 4.69) is 10.3 Å². The lowest BCUT2D eigenvalue weighted by Gasteiger charge is -2.27. The van der Waals surface area contributed by atoms with Crippen LogP contribution in [0, 0.1) is 0 Å². The third kappa shape index (κ3) is 3.09. The molecule has 0 unspecified atom stereocenters. The molecule has 5 heteroatoms. The Morgan fingerprint density at radius 1 is 1.14 bits per heavy atom. The Labute approximate surface area is 129 Å². The summed E-state index contributed by atoms with van der Waals surface area (Å²) >= 11 is 0. The zero-order valence-electron chi connectivity index (χ0n) is 12.6. The number of aromatic nitrogens is 1. The minimum absolute atomic E-state index is 0.0457. The maximum absolute atomic E-state index is 12.5. The quantitative estimate of drug-likeness (QED) is 0.938. The topological polar surface area (TPSA) is 54.5 Å². The highest BCUT2D eigenvalue weighted by Gasteiger charge is 2.18. The molecule has 2 heterocycles. The van der Waals surface area contributed by atoms with E-state index < -0.39 is 0 Å². The largest absolute Gasteiger partial charge is 0.497 e. The third-order valence-electron chi connectivity index (χ3n) is 3.81. The number of amides is 1. The number of hydrogen-bond donors (Lipinski definition) is 1. The molecular formula is C17H19N3O2. The summed E-state index contributed by atoms with van der Waals surface area (Å²) in [6, 6.07) is 9.64.